The van der Waals surface area contributed by atoms with Crippen LogP contribution in [0, 0.1) is 17.6 Å². The molecule has 1 N–H and O–H groups in total. The molecule has 0 bridgehead atoms. The van der Waals surface area contributed by atoms with E-state index in [2.05, 4.69) is 5.32 Å². The third kappa shape index (κ3) is 3.99. The summed E-state index contributed by atoms with van der Waals surface area (Å²) in [5, 5.41) is 3.08. The molecule has 1 aromatic carbocycles. The number of piperidine rings is 1. The largest absolute Gasteiger partial charge is 0.320 e. The Kier molecular flexibility index (Phi) is 5.29. The molecule has 1 aliphatic heterocycles. The van der Waals surface area contributed by atoms with Crippen molar-refractivity contribution in [3.05, 3.63) is 29.8 Å². The molecule has 0 aliphatic carbocycles. The minimum atomic E-state index is -3.81. The van der Waals surface area contributed by atoms with Gasteiger partial charge in [-0.15, -0.1) is 0 Å². The van der Waals surface area contributed by atoms with E-state index < -0.39 is 21.7 Å². The van der Waals surface area contributed by atoms with Gasteiger partial charge in [-0.05, 0) is 50.9 Å². The van der Waals surface area contributed by atoms with Crippen molar-refractivity contribution in [3.8, 4) is 0 Å². The topological polar surface area (TPSA) is 49.4 Å². The van der Waals surface area contributed by atoms with Gasteiger partial charge in [0.25, 0.3) is 0 Å². The number of rotatable bonds is 5. The minimum Gasteiger partial charge on any atom is -0.320 e. The summed E-state index contributed by atoms with van der Waals surface area (Å²) in [5.41, 5.74) is 0. The summed E-state index contributed by atoms with van der Waals surface area (Å²) in [5.74, 6) is -1.26. The maximum Gasteiger partial charge on any atom is 0.243 e. The minimum absolute atomic E-state index is 0.311. The smallest absolute Gasteiger partial charge is 0.243 e. The Bertz CT molecular complexity index is 564. The fraction of sp³-hybridized carbons (Fsp3) is 0.571. The lowest BCUT2D eigenvalue weighted by molar-refractivity contribution is 0.263. The molecule has 0 amide bonds. The molecule has 21 heavy (non-hydrogen) atoms. The maximum absolute atomic E-state index is 13.2. The van der Waals surface area contributed by atoms with Gasteiger partial charge in [-0.1, -0.05) is 0 Å². The van der Waals surface area contributed by atoms with Gasteiger partial charge in [0.1, 0.15) is 11.6 Å². The molecule has 1 heterocycles. The van der Waals surface area contributed by atoms with Crippen LogP contribution in [-0.4, -0.2) is 39.4 Å². The molecule has 0 spiro atoms. The summed E-state index contributed by atoms with van der Waals surface area (Å²) >= 11 is 0. The number of nitrogens with one attached hydrogen (secondary N) is 1. The monoisotopic (exact) mass is 318 g/mol. The van der Waals surface area contributed by atoms with Crippen LogP contribution in [0.15, 0.2) is 23.1 Å². The molecule has 7 heteroatoms. The Morgan fingerprint density at radius 3 is 2.29 bits per heavy atom. The molecule has 0 aromatic heterocycles. The highest BCUT2D eigenvalue weighted by Gasteiger charge is 2.29. The van der Waals surface area contributed by atoms with E-state index in [1.54, 1.807) is 0 Å². The second-order valence-electron chi connectivity index (χ2n) is 5.34. The van der Waals surface area contributed by atoms with Gasteiger partial charge in [0.2, 0.25) is 10.0 Å². The summed E-state index contributed by atoms with van der Waals surface area (Å²) in [4.78, 5) is -0.311. The quantitative estimate of drug-likeness (QED) is 0.903. The zero-order chi connectivity index (χ0) is 15.5. The van der Waals surface area contributed by atoms with Crippen molar-refractivity contribution in [1.82, 2.24) is 9.62 Å². The molecule has 1 fully saturated rings. The molecular weight excluding hydrogens is 298 g/mol. The van der Waals surface area contributed by atoms with Gasteiger partial charge in [-0.3, -0.25) is 0 Å². The van der Waals surface area contributed by atoms with E-state index in [0.717, 1.165) is 37.9 Å². The molecule has 0 radical (unpaired) electrons. The van der Waals surface area contributed by atoms with Gasteiger partial charge < -0.3 is 5.32 Å². The van der Waals surface area contributed by atoms with Crippen LogP contribution in [-0.2, 0) is 10.0 Å². The van der Waals surface area contributed by atoms with Crippen LogP contribution in [0.2, 0.25) is 0 Å². The van der Waals surface area contributed by atoms with E-state index in [1.807, 2.05) is 7.05 Å². The first-order valence-electron chi connectivity index (χ1n) is 7.04. The summed E-state index contributed by atoms with van der Waals surface area (Å²) in [6.45, 7) is 1.70. The fourth-order valence-electron chi connectivity index (χ4n) is 2.61. The third-order valence-corrected chi connectivity index (χ3v) is 5.73. The van der Waals surface area contributed by atoms with Crippen LogP contribution in [0.4, 0.5) is 8.78 Å². The predicted molar refractivity (Wildman–Crippen MR) is 76.4 cm³/mol. The summed E-state index contributed by atoms with van der Waals surface area (Å²) in [7, 11) is -1.93. The third-order valence-electron chi connectivity index (χ3n) is 3.85. The van der Waals surface area contributed by atoms with Crippen molar-refractivity contribution in [2.24, 2.45) is 5.92 Å². The van der Waals surface area contributed by atoms with Gasteiger partial charge in [0.15, 0.2) is 0 Å². The van der Waals surface area contributed by atoms with Crippen LogP contribution >= 0.6 is 0 Å². The Hall–Kier alpha value is -1.05. The Balaban J connectivity index is 2.07. The number of hydrogen-bond acceptors (Lipinski definition) is 3. The molecule has 0 atom stereocenters. The highest BCUT2D eigenvalue weighted by atomic mass is 32.2. The first-order chi connectivity index (χ1) is 9.93. The standard InChI is InChI=1S/C14H20F2N2O2S/c1-17-5-2-11-3-6-18(7-4-11)21(19,20)14-9-12(15)8-13(16)10-14/h8-11,17H,2-7H2,1H3. The van der Waals surface area contributed by atoms with E-state index in [0.29, 0.717) is 25.1 Å². The molecule has 0 saturated carbocycles. The zero-order valence-corrected chi connectivity index (χ0v) is 12.8. The average molecular weight is 318 g/mol. The molecule has 2 rings (SSSR count). The second-order valence-corrected chi connectivity index (χ2v) is 7.28. The van der Waals surface area contributed by atoms with Crippen molar-refractivity contribution < 1.29 is 17.2 Å². The summed E-state index contributed by atoms with van der Waals surface area (Å²) < 4.78 is 52.5. The normalized spacial score (nSPS) is 18.0. The van der Waals surface area contributed by atoms with E-state index in [9.17, 15) is 17.2 Å². The molecular formula is C14H20F2N2O2S. The molecule has 4 nitrogen and oxygen atoms in total. The lowest BCUT2D eigenvalue weighted by Gasteiger charge is -2.31. The van der Waals surface area contributed by atoms with Gasteiger partial charge in [0, 0.05) is 19.2 Å². The summed E-state index contributed by atoms with van der Waals surface area (Å²) in [6.07, 6.45) is 2.57. The zero-order valence-electron chi connectivity index (χ0n) is 12.0. The van der Waals surface area contributed by atoms with Gasteiger partial charge in [-0.2, -0.15) is 4.31 Å². The number of halogens is 2. The number of benzene rings is 1. The highest BCUT2D eigenvalue weighted by molar-refractivity contribution is 7.89. The number of sulfonamides is 1. The van der Waals surface area contributed by atoms with Crippen molar-refractivity contribution in [1.29, 1.82) is 0 Å². The van der Waals surface area contributed by atoms with Gasteiger partial charge >= 0.3 is 0 Å². The molecule has 1 aliphatic rings. The number of hydrogen-bond donors (Lipinski definition) is 1. The van der Waals surface area contributed by atoms with E-state index in [-0.39, 0.29) is 4.90 Å². The van der Waals surface area contributed by atoms with Crippen molar-refractivity contribution in [2.45, 2.75) is 24.2 Å². The first kappa shape index (κ1) is 16.3. The van der Waals surface area contributed by atoms with Gasteiger partial charge in [-0.25, -0.2) is 17.2 Å². The first-order valence-corrected chi connectivity index (χ1v) is 8.48. The van der Waals surface area contributed by atoms with Crippen LogP contribution in [0.3, 0.4) is 0 Å². The number of nitrogens with zero attached hydrogens (tertiary/aromatic N) is 1. The second kappa shape index (κ2) is 6.81. The van der Waals surface area contributed by atoms with Crippen LogP contribution in [0.1, 0.15) is 19.3 Å². The Labute approximate surface area is 124 Å². The summed E-state index contributed by atoms with van der Waals surface area (Å²) in [6, 6.07) is 2.40. The Morgan fingerprint density at radius 2 is 1.76 bits per heavy atom. The lowest BCUT2D eigenvalue weighted by Crippen LogP contribution is -2.39. The molecule has 1 aromatic rings. The highest BCUT2D eigenvalue weighted by Crippen LogP contribution is 2.26. The Morgan fingerprint density at radius 1 is 1.19 bits per heavy atom. The van der Waals surface area contributed by atoms with Crippen molar-refractivity contribution >= 4 is 10.0 Å². The van der Waals surface area contributed by atoms with E-state index in [1.165, 1.54) is 4.31 Å². The van der Waals surface area contributed by atoms with E-state index in [4.69, 9.17) is 0 Å². The average Bonchev–Trinajstić information content (AvgIpc) is 2.44. The van der Waals surface area contributed by atoms with Crippen LogP contribution < -0.4 is 5.32 Å². The predicted octanol–water partition coefficient (Wildman–Crippen LogP) is 1.97. The fourth-order valence-corrected chi connectivity index (χ4v) is 4.13. The van der Waals surface area contributed by atoms with Crippen LogP contribution in [0.5, 0.6) is 0 Å². The molecule has 118 valence electrons. The van der Waals surface area contributed by atoms with Gasteiger partial charge in [0.05, 0.1) is 4.90 Å². The maximum atomic E-state index is 13.2. The van der Waals surface area contributed by atoms with Crippen LogP contribution in [0.25, 0.3) is 0 Å². The van der Waals surface area contributed by atoms with Crippen molar-refractivity contribution in [2.75, 3.05) is 26.7 Å². The lowest BCUT2D eigenvalue weighted by atomic mass is 9.95. The molecule has 0 unspecified atom stereocenters. The molecule has 1 saturated heterocycles. The van der Waals surface area contributed by atoms with Crippen molar-refractivity contribution in [3.63, 3.8) is 0 Å². The van der Waals surface area contributed by atoms with E-state index >= 15 is 0 Å². The SMILES string of the molecule is CNCCC1CCN(S(=O)(=O)c2cc(F)cc(F)c2)CC1.